The second kappa shape index (κ2) is 7.46. The van der Waals surface area contributed by atoms with E-state index in [4.69, 9.17) is 4.42 Å². The van der Waals surface area contributed by atoms with Gasteiger partial charge in [0.15, 0.2) is 5.58 Å². The maximum absolute atomic E-state index is 11.5. The number of hydrogen-bond donors (Lipinski definition) is 1. The fourth-order valence-corrected chi connectivity index (χ4v) is 2.80. The summed E-state index contributed by atoms with van der Waals surface area (Å²) in [6, 6.07) is 6.37. The third kappa shape index (κ3) is 3.76. The molecule has 0 aliphatic heterocycles. The number of benzene rings is 1. The molecule has 0 bridgehead atoms. The third-order valence-electron chi connectivity index (χ3n) is 4.16. The topological polar surface area (TPSA) is 47.2 Å². The average Bonchev–Trinajstić information content (AvgIpc) is 2.77. The molecule has 1 N–H and O–H groups in total. The molecule has 1 unspecified atom stereocenters. The Balaban J connectivity index is 2.05. The number of aromatic nitrogens is 1. The van der Waals surface area contributed by atoms with E-state index < -0.39 is 0 Å². The van der Waals surface area contributed by atoms with Gasteiger partial charge in [-0.2, -0.15) is 0 Å². The molecule has 1 aromatic heterocycles. The highest BCUT2D eigenvalue weighted by Crippen LogP contribution is 2.23. The first-order valence-corrected chi connectivity index (χ1v) is 7.94. The van der Waals surface area contributed by atoms with E-state index in [1.54, 1.807) is 7.05 Å². The van der Waals surface area contributed by atoms with Crippen LogP contribution >= 0.6 is 0 Å². The largest absolute Gasteiger partial charge is 0.419 e. The van der Waals surface area contributed by atoms with Crippen LogP contribution in [0, 0.1) is 0 Å². The molecule has 4 heteroatoms. The molecule has 0 amide bonds. The van der Waals surface area contributed by atoms with E-state index >= 15 is 0 Å². The van der Waals surface area contributed by atoms with Gasteiger partial charge < -0.3 is 9.73 Å². The number of aryl methyl sites for hydroxylation is 1. The Bertz CT molecular complexity index is 627. The minimum atomic E-state index is -0.303. The summed E-state index contributed by atoms with van der Waals surface area (Å²) < 4.78 is 6.81. The molecule has 0 aliphatic carbocycles. The second-order valence-electron chi connectivity index (χ2n) is 5.70. The predicted octanol–water partition coefficient (Wildman–Crippen LogP) is 3.75. The summed E-state index contributed by atoms with van der Waals surface area (Å²) in [4.78, 5) is 11.5. The first kappa shape index (κ1) is 15.8. The van der Waals surface area contributed by atoms with Crippen molar-refractivity contribution < 1.29 is 4.42 Å². The van der Waals surface area contributed by atoms with E-state index in [1.807, 2.05) is 19.2 Å². The fourth-order valence-electron chi connectivity index (χ4n) is 2.80. The van der Waals surface area contributed by atoms with Crippen molar-refractivity contribution in [2.24, 2.45) is 7.05 Å². The van der Waals surface area contributed by atoms with E-state index in [0.29, 0.717) is 11.6 Å². The molecule has 4 nitrogen and oxygen atoms in total. The van der Waals surface area contributed by atoms with Crippen LogP contribution in [0.5, 0.6) is 0 Å². The van der Waals surface area contributed by atoms with Crippen LogP contribution in [-0.2, 0) is 7.05 Å². The Morgan fingerprint density at radius 3 is 2.71 bits per heavy atom. The molecule has 1 heterocycles. The van der Waals surface area contributed by atoms with E-state index in [-0.39, 0.29) is 5.76 Å². The van der Waals surface area contributed by atoms with Gasteiger partial charge in [-0.1, -0.05) is 45.1 Å². The second-order valence-corrected chi connectivity index (χ2v) is 5.70. The summed E-state index contributed by atoms with van der Waals surface area (Å²) in [7, 11) is 3.72. The summed E-state index contributed by atoms with van der Waals surface area (Å²) in [5.41, 5.74) is 2.71. The van der Waals surface area contributed by atoms with Gasteiger partial charge in [0.25, 0.3) is 0 Å². The van der Waals surface area contributed by atoms with Crippen LogP contribution in [0.3, 0.4) is 0 Å². The predicted molar refractivity (Wildman–Crippen MR) is 86.6 cm³/mol. The molecule has 0 saturated carbocycles. The van der Waals surface area contributed by atoms with Crippen LogP contribution < -0.4 is 11.1 Å². The van der Waals surface area contributed by atoms with Gasteiger partial charge in [-0.3, -0.25) is 4.57 Å². The summed E-state index contributed by atoms with van der Waals surface area (Å²) in [6.45, 7) is 2.24. The number of nitrogens with one attached hydrogen (secondary N) is 1. The van der Waals surface area contributed by atoms with Crippen LogP contribution in [0.1, 0.15) is 57.1 Å². The van der Waals surface area contributed by atoms with Crippen molar-refractivity contribution in [3.05, 3.63) is 34.3 Å². The molecule has 0 radical (unpaired) electrons. The van der Waals surface area contributed by atoms with Crippen molar-refractivity contribution in [3.8, 4) is 0 Å². The zero-order chi connectivity index (χ0) is 15.2. The monoisotopic (exact) mass is 290 g/mol. The Morgan fingerprint density at radius 2 is 2.00 bits per heavy atom. The number of rotatable bonds is 8. The van der Waals surface area contributed by atoms with Gasteiger partial charge in [-0.15, -0.1) is 0 Å². The van der Waals surface area contributed by atoms with Crippen molar-refractivity contribution in [1.82, 2.24) is 9.88 Å². The molecule has 1 aromatic carbocycles. The molecular formula is C17H26N2O2. The Labute approximate surface area is 126 Å². The lowest BCUT2D eigenvalue weighted by Gasteiger charge is -2.16. The number of unbranched alkanes of at least 4 members (excludes halogenated alkanes) is 4. The van der Waals surface area contributed by atoms with Gasteiger partial charge in [-0.25, -0.2) is 4.79 Å². The van der Waals surface area contributed by atoms with Crippen LogP contribution in [0.15, 0.2) is 27.4 Å². The van der Waals surface area contributed by atoms with Gasteiger partial charge in [0.1, 0.15) is 0 Å². The Hall–Kier alpha value is -1.55. The lowest BCUT2D eigenvalue weighted by molar-refractivity contribution is 0.499. The molecule has 0 spiro atoms. The van der Waals surface area contributed by atoms with Crippen LogP contribution in [0.2, 0.25) is 0 Å². The zero-order valence-electron chi connectivity index (χ0n) is 13.3. The van der Waals surface area contributed by atoms with Crippen molar-refractivity contribution in [1.29, 1.82) is 0 Å². The van der Waals surface area contributed by atoms with E-state index in [0.717, 1.165) is 11.9 Å². The van der Waals surface area contributed by atoms with E-state index in [1.165, 1.54) is 42.2 Å². The average molecular weight is 290 g/mol. The highest BCUT2D eigenvalue weighted by atomic mass is 16.4. The summed E-state index contributed by atoms with van der Waals surface area (Å²) in [6.07, 6.45) is 7.55. The SMILES string of the molecule is CCCCCCCC(NC)c1ccc2c(c1)oc(=O)n2C. The van der Waals surface area contributed by atoms with Gasteiger partial charge in [0.2, 0.25) is 0 Å². The first-order chi connectivity index (χ1) is 10.2. The number of hydrogen-bond acceptors (Lipinski definition) is 3. The lowest BCUT2D eigenvalue weighted by atomic mass is 9.99. The maximum Gasteiger partial charge on any atom is 0.419 e. The molecule has 21 heavy (non-hydrogen) atoms. The third-order valence-corrected chi connectivity index (χ3v) is 4.16. The van der Waals surface area contributed by atoms with E-state index in [2.05, 4.69) is 18.3 Å². The first-order valence-electron chi connectivity index (χ1n) is 7.94. The summed E-state index contributed by atoms with van der Waals surface area (Å²) >= 11 is 0. The molecule has 0 saturated heterocycles. The molecular weight excluding hydrogens is 264 g/mol. The van der Waals surface area contributed by atoms with E-state index in [9.17, 15) is 4.79 Å². The highest BCUT2D eigenvalue weighted by molar-refractivity contribution is 5.73. The molecule has 2 aromatic rings. The summed E-state index contributed by atoms with van der Waals surface area (Å²) in [5, 5.41) is 3.37. The van der Waals surface area contributed by atoms with Crippen LogP contribution in [-0.4, -0.2) is 11.6 Å². The van der Waals surface area contributed by atoms with Gasteiger partial charge in [0, 0.05) is 13.1 Å². The normalized spacial score (nSPS) is 12.9. The van der Waals surface area contributed by atoms with Crippen molar-refractivity contribution in [3.63, 3.8) is 0 Å². The molecule has 2 rings (SSSR count). The number of oxazole rings is 1. The zero-order valence-corrected chi connectivity index (χ0v) is 13.3. The number of fused-ring (bicyclic) bond motifs is 1. The van der Waals surface area contributed by atoms with Crippen molar-refractivity contribution in [2.45, 2.75) is 51.5 Å². The minimum absolute atomic E-state index is 0.303. The summed E-state index contributed by atoms with van der Waals surface area (Å²) in [5.74, 6) is -0.303. The standard InChI is InChI=1S/C17H26N2O2/c1-4-5-6-7-8-9-14(18-2)13-10-11-15-16(12-13)21-17(20)19(15)3/h10-12,14,18H,4-9H2,1-3H3. The smallest absolute Gasteiger partial charge is 0.408 e. The van der Waals surface area contributed by atoms with Crippen LogP contribution in [0.25, 0.3) is 11.1 Å². The van der Waals surface area contributed by atoms with Crippen molar-refractivity contribution in [2.75, 3.05) is 7.05 Å². The van der Waals surface area contributed by atoms with Gasteiger partial charge in [0.05, 0.1) is 5.52 Å². The minimum Gasteiger partial charge on any atom is -0.408 e. The maximum atomic E-state index is 11.5. The highest BCUT2D eigenvalue weighted by Gasteiger charge is 2.12. The molecule has 116 valence electrons. The van der Waals surface area contributed by atoms with Crippen LogP contribution in [0.4, 0.5) is 0 Å². The quantitative estimate of drug-likeness (QED) is 0.753. The molecule has 0 fully saturated rings. The Morgan fingerprint density at radius 1 is 1.24 bits per heavy atom. The van der Waals surface area contributed by atoms with Gasteiger partial charge >= 0.3 is 5.76 Å². The fraction of sp³-hybridized carbons (Fsp3) is 0.588. The van der Waals surface area contributed by atoms with Gasteiger partial charge in [-0.05, 0) is 31.2 Å². The molecule has 1 atom stereocenters. The number of nitrogens with zero attached hydrogens (tertiary/aromatic N) is 1. The van der Waals surface area contributed by atoms with Crippen molar-refractivity contribution >= 4 is 11.1 Å². The Kier molecular flexibility index (Phi) is 5.62. The molecule has 0 aliphatic rings. The lowest BCUT2D eigenvalue weighted by Crippen LogP contribution is -2.16.